The lowest BCUT2D eigenvalue weighted by atomic mass is 9.86. The van der Waals surface area contributed by atoms with Crippen LogP contribution in [0.15, 0.2) is 5.38 Å². The van der Waals surface area contributed by atoms with Crippen LogP contribution in [0, 0.1) is 12.8 Å². The fourth-order valence-corrected chi connectivity index (χ4v) is 3.77. The molecule has 0 aromatic carbocycles. The molecule has 0 N–H and O–H groups in total. The monoisotopic (exact) mass is 252 g/mol. The van der Waals surface area contributed by atoms with E-state index in [1.165, 1.54) is 44.1 Å². The number of carbonyl (C=O) groups excluding carboxylic acids is 1. The van der Waals surface area contributed by atoms with E-state index in [4.69, 9.17) is 4.74 Å². The summed E-state index contributed by atoms with van der Waals surface area (Å²) in [5.41, 5.74) is 1.88. The van der Waals surface area contributed by atoms with Crippen molar-refractivity contribution in [2.45, 2.75) is 45.4 Å². The highest BCUT2D eigenvalue weighted by Gasteiger charge is 2.19. The molecular weight excluding hydrogens is 232 g/mol. The summed E-state index contributed by atoms with van der Waals surface area (Å²) in [7, 11) is 1.44. The van der Waals surface area contributed by atoms with E-state index in [0.29, 0.717) is 0 Å². The van der Waals surface area contributed by atoms with E-state index in [9.17, 15) is 4.79 Å². The van der Waals surface area contributed by atoms with Gasteiger partial charge in [-0.3, -0.25) is 0 Å². The number of hydrogen-bond acceptors (Lipinski definition) is 3. The summed E-state index contributed by atoms with van der Waals surface area (Å²) in [6.45, 7) is 2.04. The van der Waals surface area contributed by atoms with Crippen molar-refractivity contribution in [1.82, 2.24) is 0 Å². The van der Waals surface area contributed by atoms with Crippen LogP contribution in [-0.4, -0.2) is 13.1 Å². The third-order valence-electron chi connectivity index (χ3n) is 3.75. The van der Waals surface area contributed by atoms with Crippen molar-refractivity contribution in [3.05, 3.63) is 21.4 Å². The maximum atomic E-state index is 11.5. The van der Waals surface area contributed by atoms with Crippen molar-refractivity contribution in [3.63, 3.8) is 0 Å². The van der Waals surface area contributed by atoms with Gasteiger partial charge in [0.2, 0.25) is 0 Å². The molecule has 2 rings (SSSR count). The van der Waals surface area contributed by atoms with Crippen LogP contribution in [0.3, 0.4) is 0 Å². The fourth-order valence-electron chi connectivity index (χ4n) is 2.62. The van der Waals surface area contributed by atoms with Crippen molar-refractivity contribution < 1.29 is 9.53 Å². The maximum Gasteiger partial charge on any atom is 0.338 e. The number of rotatable bonds is 3. The highest BCUT2D eigenvalue weighted by atomic mass is 32.1. The summed E-state index contributed by atoms with van der Waals surface area (Å²) in [6, 6.07) is 0. The topological polar surface area (TPSA) is 26.3 Å². The number of methoxy groups -OCH3 is 1. The standard InChI is InChI=1S/C14H20O2S/c1-10-12(14(15)16-2)9-17-13(10)8-11-6-4-3-5-7-11/h9,11H,3-8H2,1-2H3. The Balaban J connectivity index is 2.06. The third kappa shape index (κ3) is 2.89. The highest BCUT2D eigenvalue weighted by Crippen LogP contribution is 2.31. The molecule has 0 saturated heterocycles. The Morgan fingerprint density at radius 1 is 1.41 bits per heavy atom. The van der Waals surface area contributed by atoms with Gasteiger partial charge in [0.1, 0.15) is 0 Å². The Hall–Kier alpha value is -0.830. The van der Waals surface area contributed by atoms with Crippen LogP contribution in [-0.2, 0) is 11.2 Å². The molecule has 1 fully saturated rings. The zero-order chi connectivity index (χ0) is 12.3. The summed E-state index contributed by atoms with van der Waals surface area (Å²) in [4.78, 5) is 12.9. The van der Waals surface area contributed by atoms with Crippen LogP contribution in [0.25, 0.3) is 0 Å². The summed E-state index contributed by atoms with van der Waals surface area (Å²) in [5.74, 6) is 0.625. The Bertz CT molecular complexity index is 389. The van der Waals surface area contributed by atoms with E-state index >= 15 is 0 Å². The quantitative estimate of drug-likeness (QED) is 0.761. The Kier molecular flexibility index (Phi) is 4.21. The summed E-state index contributed by atoms with van der Waals surface area (Å²) < 4.78 is 4.79. The zero-order valence-electron chi connectivity index (χ0n) is 10.6. The van der Waals surface area contributed by atoms with Gasteiger partial charge in [-0.05, 0) is 24.8 Å². The van der Waals surface area contributed by atoms with Crippen LogP contribution in [0.4, 0.5) is 0 Å². The molecule has 0 atom stereocenters. The molecule has 0 aliphatic heterocycles. The second-order valence-corrected chi connectivity index (χ2v) is 5.86. The largest absolute Gasteiger partial charge is 0.465 e. The average molecular weight is 252 g/mol. The number of hydrogen-bond donors (Lipinski definition) is 0. The van der Waals surface area contributed by atoms with E-state index in [0.717, 1.165) is 23.5 Å². The molecule has 1 aliphatic rings. The number of thiophene rings is 1. The third-order valence-corrected chi connectivity index (χ3v) is 4.86. The van der Waals surface area contributed by atoms with Gasteiger partial charge in [0.25, 0.3) is 0 Å². The smallest absolute Gasteiger partial charge is 0.338 e. The normalized spacial score (nSPS) is 17.1. The second-order valence-electron chi connectivity index (χ2n) is 4.90. The van der Waals surface area contributed by atoms with Gasteiger partial charge in [0.15, 0.2) is 0 Å². The summed E-state index contributed by atoms with van der Waals surface area (Å²) >= 11 is 1.71. The molecular formula is C14H20O2S. The molecule has 1 saturated carbocycles. The molecule has 3 heteroatoms. The van der Waals surface area contributed by atoms with Crippen molar-refractivity contribution in [3.8, 4) is 0 Å². The van der Waals surface area contributed by atoms with Gasteiger partial charge in [0, 0.05) is 10.3 Å². The van der Waals surface area contributed by atoms with Crippen molar-refractivity contribution in [2.24, 2.45) is 5.92 Å². The second kappa shape index (κ2) is 5.67. The molecule has 0 radical (unpaired) electrons. The van der Waals surface area contributed by atoms with Gasteiger partial charge in [-0.2, -0.15) is 0 Å². The molecule has 0 unspecified atom stereocenters. The van der Waals surface area contributed by atoms with Crippen molar-refractivity contribution >= 4 is 17.3 Å². The lowest BCUT2D eigenvalue weighted by Crippen LogP contribution is -2.09. The minimum Gasteiger partial charge on any atom is -0.465 e. The van der Waals surface area contributed by atoms with E-state index in [2.05, 4.69) is 0 Å². The zero-order valence-corrected chi connectivity index (χ0v) is 11.4. The fraction of sp³-hybridized carbons (Fsp3) is 0.643. The Labute approximate surface area is 107 Å². The van der Waals surface area contributed by atoms with Gasteiger partial charge >= 0.3 is 5.97 Å². The first-order valence-electron chi connectivity index (χ1n) is 6.37. The van der Waals surface area contributed by atoms with E-state index in [1.54, 1.807) is 11.3 Å². The van der Waals surface area contributed by atoms with Gasteiger partial charge in [0.05, 0.1) is 12.7 Å². The predicted molar refractivity (Wildman–Crippen MR) is 70.7 cm³/mol. The SMILES string of the molecule is COC(=O)c1csc(CC2CCCCC2)c1C. The summed E-state index contributed by atoms with van der Waals surface area (Å²) in [6.07, 6.45) is 7.99. The lowest BCUT2D eigenvalue weighted by molar-refractivity contribution is 0.0600. The van der Waals surface area contributed by atoms with Crippen LogP contribution in [0.1, 0.15) is 52.9 Å². The molecule has 1 aliphatic carbocycles. The Morgan fingerprint density at radius 3 is 2.76 bits per heavy atom. The van der Waals surface area contributed by atoms with E-state index in [1.807, 2.05) is 12.3 Å². The van der Waals surface area contributed by atoms with Gasteiger partial charge in [-0.15, -0.1) is 11.3 Å². The Morgan fingerprint density at radius 2 is 2.12 bits per heavy atom. The van der Waals surface area contributed by atoms with Crippen LogP contribution >= 0.6 is 11.3 Å². The molecule has 0 bridgehead atoms. The minimum absolute atomic E-state index is 0.200. The van der Waals surface area contributed by atoms with Crippen LogP contribution in [0.5, 0.6) is 0 Å². The molecule has 17 heavy (non-hydrogen) atoms. The van der Waals surface area contributed by atoms with Crippen molar-refractivity contribution in [2.75, 3.05) is 7.11 Å². The summed E-state index contributed by atoms with van der Waals surface area (Å²) in [5, 5.41) is 1.94. The first kappa shape index (κ1) is 12.6. The lowest BCUT2D eigenvalue weighted by Gasteiger charge is -2.21. The van der Waals surface area contributed by atoms with E-state index < -0.39 is 0 Å². The van der Waals surface area contributed by atoms with Crippen LogP contribution < -0.4 is 0 Å². The van der Waals surface area contributed by atoms with Crippen LogP contribution in [0.2, 0.25) is 0 Å². The number of ether oxygens (including phenoxy) is 1. The first-order valence-corrected chi connectivity index (χ1v) is 7.25. The number of esters is 1. The van der Waals surface area contributed by atoms with Gasteiger partial charge < -0.3 is 4.74 Å². The van der Waals surface area contributed by atoms with E-state index in [-0.39, 0.29) is 5.97 Å². The average Bonchev–Trinajstić information content (AvgIpc) is 2.72. The molecule has 1 aromatic heterocycles. The van der Waals surface area contributed by atoms with Crippen molar-refractivity contribution in [1.29, 1.82) is 0 Å². The number of carbonyl (C=O) groups is 1. The molecule has 1 heterocycles. The maximum absolute atomic E-state index is 11.5. The highest BCUT2D eigenvalue weighted by molar-refractivity contribution is 7.10. The molecule has 0 spiro atoms. The first-order chi connectivity index (χ1) is 8.22. The molecule has 0 amide bonds. The van der Waals surface area contributed by atoms with Gasteiger partial charge in [-0.1, -0.05) is 32.1 Å². The van der Waals surface area contributed by atoms with Gasteiger partial charge in [-0.25, -0.2) is 4.79 Å². The molecule has 1 aromatic rings. The predicted octanol–water partition coefficient (Wildman–Crippen LogP) is 3.97. The molecule has 94 valence electrons. The molecule has 2 nitrogen and oxygen atoms in total. The minimum atomic E-state index is -0.200.